The normalized spacial score (nSPS) is 20.6. The van der Waals surface area contributed by atoms with Gasteiger partial charge in [-0.05, 0) is 67.5 Å². The van der Waals surface area contributed by atoms with Crippen molar-refractivity contribution in [2.24, 2.45) is 22.2 Å². The minimum atomic E-state index is -1.30. The number of carbonyl (C=O) groups is 7. The summed E-state index contributed by atoms with van der Waals surface area (Å²) in [4.78, 5) is 111. The minimum Gasteiger partial charge on any atom is -0.370 e. The van der Waals surface area contributed by atoms with Gasteiger partial charge in [0.05, 0.1) is 6.33 Å². The van der Waals surface area contributed by atoms with E-state index in [2.05, 4.69) is 51.8 Å². The van der Waals surface area contributed by atoms with Gasteiger partial charge in [-0.3, -0.25) is 38.6 Å². The SMILES string of the molecule is NC(=O)[C@@H]1CCCCNC(=O)c2cccc(c2)C(=O)N[C@@H](Cc2cnc[nH]2)C(=O)N[C@H](Cc2ccccc2)C(=O)N[C@@H](CCCN=C(N)N)C(=O)N[C@@H](Cc2c[nH]c3ccccc23)C(=O)N1. The Hall–Kier alpha value is -8.03. The number of fused-ring (bicyclic) bond motifs is 3. The molecule has 0 spiro atoms. The Balaban J connectivity index is 1.36. The van der Waals surface area contributed by atoms with Gasteiger partial charge in [-0.1, -0.05) is 54.6 Å². The Labute approximate surface area is 380 Å². The lowest BCUT2D eigenvalue weighted by atomic mass is 10.0. The van der Waals surface area contributed by atoms with Crippen LogP contribution in [0.2, 0.25) is 0 Å². The molecule has 0 fully saturated rings. The molecule has 0 unspecified atom stereocenters. The number of carbonyl (C=O) groups excluding carboxylic acids is 7. The third-order valence-corrected chi connectivity index (χ3v) is 11.1. The molecule has 2 aromatic heterocycles. The Morgan fingerprint density at radius 2 is 1.32 bits per heavy atom. The molecular formula is C46H55N13O7. The van der Waals surface area contributed by atoms with Crippen molar-refractivity contribution in [3.8, 4) is 0 Å². The first-order valence-electron chi connectivity index (χ1n) is 21.7. The van der Waals surface area contributed by atoms with Crippen molar-refractivity contribution < 1.29 is 33.6 Å². The van der Waals surface area contributed by atoms with E-state index in [1.54, 1.807) is 36.5 Å². The zero-order valence-corrected chi connectivity index (χ0v) is 36.2. The standard InChI is InChI=1S/C46H55N13O7/c47-39(60)34-16-6-7-18-51-40(61)28-12-8-13-29(21-28)41(62)57-38(23-31-25-50-26-54-31)45(66)58-36(20-27-10-2-1-3-11-27)43(64)56-35(17-9-19-52-46(48)49)42(63)59-37(44(65)55-34)22-30-24-53-33-15-5-4-14-32(30)33/h1-5,8,10-15,21,24-26,34-38,53H,6-7,9,16-20,22-23H2,(H2,47,60)(H,50,54)(H,51,61)(H,55,65)(H,56,64)(H,57,62)(H,58,66)(H,59,63)(H4,48,49,52)/t34-,35-,36+,37-,38-/m0/s1. The molecule has 0 saturated carbocycles. The highest BCUT2D eigenvalue weighted by atomic mass is 16.2. The van der Waals surface area contributed by atoms with Crippen LogP contribution in [0.1, 0.15) is 69.6 Å². The predicted octanol–water partition coefficient (Wildman–Crippen LogP) is 0.109. The number of amides is 7. The van der Waals surface area contributed by atoms with Crippen LogP contribution in [0.25, 0.3) is 10.9 Å². The lowest BCUT2D eigenvalue weighted by Crippen LogP contribution is -2.60. The van der Waals surface area contributed by atoms with Crippen molar-refractivity contribution >= 4 is 58.2 Å². The molecule has 2 bridgehead atoms. The van der Waals surface area contributed by atoms with E-state index < -0.39 is 71.6 Å². The third-order valence-electron chi connectivity index (χ3n) is 11.1. The predicted molar refractivity (Wildman–Crippen MR) is 245 cm³/mol. The Bertz CT molecular complexity index is 2520. The molecular weight excluding hydrogens is 847 g/mol. The van der Waals surface area contributed by atoms with Crippen LogP contribution in [0.4, 0.5) is 0 Å². The van der Waals surface area contributed by atoms with Crippen molar-refractivity contribution in [3.05, 3.63) is 126 Å². The number of imidazole rings is 1. The summed E-state index contributed by atoms with van der Waals surface area (Å²) in [7, 11) is 0. The molecule has 1 aliphatic rings. The smallest absolute Gasteiger partial charge is 0.251 e. The summed E-state index contributed by atoms with van der Waals surface area (Å²) in [6.07, 6.45) is 5.65. The maximum atomic E-state index is 14.5. The molecule has 346 valence electrons. The molecule has 20 heteroatoms. The summed E-state index contributed by atoms with van der Waals surface area (Å²) in [5, 5.41) is 17.5. The summed E-state index contributed by atoms with van der Waals surface area (Å²) in [5.74, 6) is -5.03. The van der Waals surface area contributed by atoms with Crippen LogP contribution >= 0.6 is 0 Å². The van der Waals surface area contributed by atoms with Gasteiger partial charge < -0.3 is 59.1 Å². The number of hydrogen-bond acceptors (Lipinski definition) is 9. The number of primary amides is 1. The summed E-state index contributed by atoms with van der Waals surface area (Å²) in [6, 6.07) is 16.0. The number of hydrogen-bond donors (Lipinski definition) is 11. The number of para-hydroxylation sites is 1. The van der Waals surface area contributed by atoms with Crippen LogP contribution in [0.5, 0.6) is 0 Å². The molecule has 1 aliphatic heterocycles. The van der Waals surface area contributed by atoms with Crippen molar-refractivity contribution in [1.29, 1.82) is 0 Å². The molecule has 3 aromatic carbocycles. The van der Waals surface area contributed by atoms with Crippen molar-refractivity contribution in [2.45, 2.75) is 81.6 Å². The number of benzene rings is 3. The van der Waals surface area contributed by atoms with E-state index in [1.165, 1.54) is 36.8 Å². The number of aliphatic imine (C=N–C) groups is 1. The summed E-state index contributed by atoms with van der Waals surface area (Å²) >= 11 is 0. The van der Waals surface area contributed by atoms with Gasteiger partial charge >= 0.3 is 0 Å². The molecule has 0 radical (unpaired) electrons. The van der Waals surface area contributed by atoms with Crippen LogP contribution in [-0.2, 0) is 43.2 Å². The number of guanidine groups is 1. The highest BCUT2D eigenvalue weighted by molar-refractivity contribution is 6.02. The first-order valence-corrected chi connectivity index (χ1v) is 21.7. The van der Waals surface area contributed by atoms with Gasteiger partial charge in [-0.15, -0.1) is 0 Å². The molecule has 5 atom stereocenters. The fourth-order valence-corrected chi connectivity index (χ4v) is 7.58. The number of nitrogens with two attached hydrogens (primary N) is 3. The third kappa shape index (κ3) is 13.5. The molecule has 20 nitrogen and oxygen atoms in total. The van der Waals surface area contributed by atoms with Crippen molar-refractivity contribution in [2.75, 3.05) is 13.1 Å². The van der Waals surface area contributed by atoms with Crippen LogP contribution in [0, 0.1) is 0 Å². The molecule has 0 aliphatic carbocycles. The lowest BCUT2D eigenvalue weighted by molar-refractivity contribution is -0.134. The Morgan fingerprint density at radius 3 is 2.03 bits per heavy atom. The molecule has 7 amide bonds. The van der Waals surface area contributed by atoms with Gasteiger partial charge in [0, 0.05) is 72.5 Å². The largest absolute Gasteiger partial charge is 0.370 e. The van der Waals surface area contributed by atoms with E-state index >= 15 is 0 Å². The monoisotopic (exact) mass is 901 g/mol. The Morgan fingerprint density at radius 1 is 0.667 bits per heavy atom. The van der Waals surface area contributed by atoms with E-state index in [9.17, 15) is 33.6 Å². The molecule has 66 heavy (non-hydrogen) atoms. The zero-order chi connectivity index (χ0) is 47.0. The van der Waals surface area contributed by atoms with Crippen LogP contribution in [0.3, 0.4) is 0 Å². The second-order valence-electron chi connectivity index (χ2n) is 16.0. The number of nitrogens with one attached hydrogen (secondary N) is 8. The van der Waals surface area contributed by atoms with E-state index in [0.29, 0.717) is 29.7 Å². The van der Waals surface area contributed by atoms with Gasteiger partial charge in [0.15, 0.2) is 5.96 Å². The first-order chi connectivity index (χ1) is 31.8. The fourth-order valence-electron chi connectivity index (χ4n) is 7.58. The van der Waals surface area contributed by atoms with E-state index in [-0.39, 0.29) is 68.7 Å². The summed E-state index contributed by atoms with van der Waals surface area (Å²) in [5.41, 5.74) is 19.8. The molecule has 14 N–H and O–H groups in total. The number of nitrogens with zero attached hydrogens (tertiary/aromatic N) is 2. The quantitative estimate of drug-likeness (QED) is 0.0483. The van der Waals surface area contributed by atoms with Crippen LogP contribution in [-0.4, -0.2) is 106 Å². The minimum absolute atomic E-state index is 0.000198. The highest BCUT2D eigenvalue weighted by Gasteiger charge is 2.33. The average Bonchev–Trinajstić information content (AvgIpc) is 3.98. The van der Waals surface area contributed by atoms with Gasteiger partial charge in [0.2, 0.25) is 29.5 Å². The summed E-state index contributed by atoms with van der Waals surface area (Å²) < 4.78 is 0. The van der Waals surface area contributed by atoms with Crippen molar-refractivity contribution in [3.63, 3.8) is 0 Å². The van der Waals surface area contributed by atoms with E-state index in [4.69, 9.17) is 17.2 Å². The maximum absolute atomic E-state index is 14.5. The summed E-state index contributed by atoms with van der Waals surface area (Å²) in [6.45, 7) is 0.300. The molecule has 5 aromatic rings. The van der Waals surface area contributed by atoms with Gasteiger partial charge in [0.25, 0.3) is 11.8 Å². The van der Waals surface area contributed by atoms with Crippen molar-refractivity contribution in [1.82, 2.24) is 46.9 Å². The number of aromatic nitrogens is 3. The first kappa shape index (κ1) is 47.4. The maximum Gasteiger partial charge on any atom is 0.251 e. The van der Waals surface area contributed by atoms with Gasteiger partial charge in [-0.25, -0.2) is 4.98 Å². The number of aromatic amines is 2. The average molecular weight is 902 g/mol. The second kappa shape index (κ2) is 23.1. The highest BCUT2D eigenvalue weighted by Crippen LogP contribution is 2.20. The number of rotatable bonds is 11. The molecule has 3 heterocycles. The second-order valence-corrected chi connectivity index (χ2v) is 16.0. The van der Waals surface area contributed by atoms with Crippen LogP contribution < -0.4 is 49.1 Å². The molecule has 0 saturated heterocycles. The van der Waals surface area contributed by atoms with Gasteiger partial charge in [0.1, 0.15) is 30.2 Å². The Kier molecular flexibility index (Phi) is 16.6. The fraction of sp³-hybridized carbons (Fsp3) is 0.326. The topological polar surface area (TPSA) is 327 Å². The van der Waals surface area contributed by atoms with E-state index in [0.717, 1.165) is 10.9 Å². The molecule has 6 rings (SSSR count). The van der Waals surface area contributed by atoms with E-state index in [1.807, 2.05) is 24.3 Å². The van der Waals surface area contributed by atoms with Crippen LogP contribution in [0.15, 0.2) is 103 Å². The zero-order valence-electron chi connectivity index (χ0n) is 36.2. The lowest BCUT2D eigenvalue weighted by Gasteiger charge is -2.27. The number of H-pyrrole nitrogens is 2. The van der Waals surface area contributed by atoms with Gasteiger partial charge in [-0.2, -0.15) is 0 Å².